The van der Waals surface area contributed by atoms with E-state index in [1.54, 1.807) is 0 Å². The molecular weight excluding hydrogens is 176 g/mol. The zero-order valence-corrected chi connectivity index (χ0v) is 10.2. The van der Waals surface area contributed by atoms with Gasteiger partial charge in [0.1, 0.15) is 0 Å². The van der Waals surface area contributed by atoms with E-state index in [4.69, 9.17) is 0 Å². The summed E-state index contributed by atoms with van der Waals surface area (Å²) >= 11 is 1.90. The maximum Gasteiger partial charge on any atom is 0.00735 e. The molecule has 13 heavy (non-hydrogen) atoms. The van der Waals surface area contributed by atoms with E-state index in [9.17, 15) is 0 Å². The third-order valence-electron chi connectivity index (χ3n) is 1.98. The van der Waals surface area contributed by atoms with Crippen molar-refractivity contribution >= 4 is 11.3 Å². The molecular formula is C12H20S. The minimum atomic E-state index is 0.412. The Morgan fingerprint density at radius 2 is 1.92 bits per heavy atom. The van der Waals surface area contributed by atoms with Crippen LogP contribution in [0.15, 0.2) is 11.4 Å². The lowest BCUT2D eigenvalue weighted by molar-refractivity contribution is 0.411. The molecule has 0 saturated heterocycles. The molecule has 0 aliphatic rings. The molecule has 0 atom stereocenters. The van der Waals surface area contributed by atoms with Crippen LogP contribution in [0.1, 0.15) is 51.0 Å². The van der Waals surface area contributed by atoms with Crippen LogP contribution < -0.4 is 0 Å². The lowest BCUT2D eigenvalue weighted by Crippen LogP contribution is -2.08. The molecule has 0 amide bonds. The summed E-state index contributed by atoms with van der Waals surface area (Å²) in [6, 6.07) is 2.36. The highest BCUT2D eigenvalue weighted by Gasteiger charge is 2.13. The van der Waals surface area contributed by atoms with Gasteiger partial charge < -0.3 is 0 Å². The maximum atomic E-state index is 2.36. The van der Waals surface area contributed by atoms with E-state index in [1.165, 1.54) is 16.9 Å². The smallest absolute Gasteiger partial charge is 0.00735 e. The van der Waals surface area contributed by atoms with Gasteiger partial charge in [0.2, 0.25) is 0 Å². The van der Waals surface area contributed by atoms with Gasteiger partial charge in [0.15, 0.2) is 0 Å². The van der Waals surface area contributed by atoms with E-state index in [2.05, 4.69) is 46.1 Å². The molecule has 0 bridgehead atoms. The van der Waals surface area contributed by atoms with Crippen molar-refractivity contribution < 1.29 is 0 Å². The molecule has 1 aromatic heterocycles. The topological polar surface area (TPSA) is 0 Å². The van der Waals surface area contributed by atoms with Crippen molar-refractivity contribution in [1.29, 1.82) is 0 Å². The van der Waals surface area contributed by atoms with Crippen LogP contribution in [-0.4, -0.2) is 0 Å². The second-order valence-corrected chi connectivity index (χ2v) is 6.19. The van der Waals surface area contributed by atoms with Crippen molar-refractivity contribution in [3.63, 3.8) is 0 Å². The fourth-order valence-electron chi connectivity index (χ4n) is 1.40. The third kappa shape index (κ3) is 3.51. The fourth-order valence-corrected chi connectivity index (χ4v) is 2.33. The molecule has 0 spiro atoms. The first-order valence-corrected chi connectivity index (χ1v) is 5.84. The standard InChI is InChI=1S/C12H20S/c1-9(2)11-6-10(8-13-11)7-12(3,4)5/h6,8-9H,7H2,1-5H3. The molecule has 0 unspecified atom stereocenters. The van der Waals surface area contributed by atoms with Crippen LogP contribution >= 0.6 is 11.3 Å². The molecule has 0 radical (unpaired) electrons. The minimum absolute atomic E-state index is 0.412. The lowest BCUT2D eigenvalue weighted by Gasteiger charge is -2.16. The van der Waals surface area contributed by atoms with E-state index in [-0.39, 0.29) is 0 Å². The largest absolute Gasteiger partial charge is 0.148 e. The highest BCUT2D eigenvalue weighted by atomic mass is 32.1. The predicted molar refractivity (Wildman–Crippen MR) is 61.6 cm³/mol. The second kappa shape index (κ2) is 3.83. The van der Waals surface area contributed by atoms with Crippen LogP contribution in [0.4, 0.5) is 0 Å². The quantitative estimate of drug-likeness (QED) is 0.655. The number of hydrogen-bond acceptors (Lipinski definition) is 1. The molecule has 0 aromatic carbocycles. The number of thiophene rings is 1. The van der Waals surface area contributed by atoms with Crippen molar-refractivity contribution in [2.45, 2.75) is 47.0 Å². The average molecular weight is 196 g/mol. The summed E-state index contributed by atoms with van der Waals surface area (Å²) in [6.07, 6.45) is 1.19. The average Bonchev–Trinajstić information content (AvgIpc) is 2.31. The summed E-state index contributed by atoms with van der Waals surface area (Å²) in [5, 5.41) is 2.31. The van der Waals surface area contributed by atoms with Gasteiger partial charge in [-0.25, -0.2) is 0 Å². The third-order valence-corrected chi connectivity index (χ3v) is 3.26. The van der Waals surface area contributed by atoms with Crippen molar-refractivity contribution in [3.8, 4) is 0 Å². The molecule has 0 aliphatic carbocycles. The minimum Gasteiger partial charge on any atom is -0.148 e. The zero-order chi connectivity index (χ0) is 10.1. The Kier molecular flexibility index (Phi) is 3.18. The first-order valence-electron chi connectivity index (χ1n) is 4.96. The summed E-state index contributed by atoms with van der Waals surface area (Å²) in [5.41, 5.74) is 1.91. The molecule has 0 nitrogen and oxygen atoms in total. The molecule has 0 N–H and O–H groups in total. The van der Waals surface area contributed by atoms with E-state index < -0.39 is 0 Å². The van der Waals surface area contributed by atoms with Crippen LogP contribution in [0.3, 0.4) is 0 Å². The van der Waals surface area contributed by atoms with E-state index in [0.717, 1.165) is 0 Å². The lowest BCUT2D eigenvalue weighted by atomic mass is 9.89. The van der Waals surface area contributed by atoms with E-state index in [1.807, 2.05) is 11.3 Å². The zero-order valence-electron chi connectivity index (χ0n) is 9.35. The Hall–Kier alpha value is -0.300. The predicted octanol–water partition coefficient (Wildman–Crippen LogP) is 4.46. The molecule has 1 heterocycles. The molecule has 0 fully saturated rings. The van der Waals surface area contributed by atoms with Gasteiger partial charge in [0.05, 0.1) is 0 Å². The van der Waals surface area contributed by atoms with Gasteiger partial charge in [0.25, 0.3) is 0 Å². The Morgan fingerprint density at radius 3 is 2.31 bits per heavy atom. The summed E-state index contributed by atoms with van der Waals surface area (Å²) in [7, 11) is 0. The van der Waals surface area contributed by atoms with Crippen LogP contribution in [-0.2, 0) is 6.42 Å². The number of hydrogen-bond donors (Lipinski definition) is 0. The van der Waals surface area contributed by atoms with Crippen molar-refractivity contribution in [1.82, 2.24) is 0 Å². The Labute approximate surface area is 86.0 Å². The first kappa shape index (κ1) is 10.8. The Bertz CT molecular complexity index is 263. The van der Waals surface area contributed by atoms with Gasteiger partial charge >= 0.3 is 0 Å². The Balaban J connectivity index is 2.70. The van der Waals surface area contributed by atoms with Crippen molar-refractivity contribution in [2.75, 3.05) is 0 Å². The molecule has 74 valence electrons. The van der Waals surface area contributed by atoms with Crippen LogP contribution in [0.25, 0.3) is 0 Å². The van der Waals surface area contributed by atoms with Gasteiger partial charge in [-0.2, -0.15) is 0 Å². The SMILES string of the molecule is CC(C)c1cc(CC(C)(C)C)cs1. The van der Waals surface area contributed by atoms with Gasteiger partial charge in [0, 0.05) is 4.88 Å². The summed E-state index contributed by atoms with van der Waals surface area (Å²) in [5.74, 6) is 0.679. The van der Waals surface area contributed by atoms with Gasteiger partial charge in [-0.05, 0) is 34.8 Å². The maximum absolute atomic E-state index is 2.36. The van der Waals surface area contributed by atoms with Crippen LogP contribution in [0.2, 0.25) is 0 Å². The van der Waals surface area contributed by atoms with Crippen LogP contribution in [0, 0.1) is 5.41 Å². The van der Waals surface area contributed by atoms with Gasteiger partial charge in [-0.15, -0.1) is 11.3 Å². The second-order valence-electron chi connectivity index (χ2n) is 5.25. The van der Waals surface area contributed by atoms with Gasteiger partial charge in [-0.1, -0.05) is 34.6 Å². The molecule has 1 rings (SSSR count). The highest BCUT2D eigenvalue weighted by molar-refractivity contribution is 7.10. The summed E-state index contributed by atoms with van der Waals surface area (Å²) in [6.45, 7) is 11.4. The Morgan fingerprint density at radius 1 is 1.31 bits per heavy atom. The number of rotatable bonds is 2. The van der Waals surface area contributed by atoms with Crippen LogP contribution in [0.5, 0.6) is 0 Å². The monoisotopic (exact) mass is 196 g/mol. The van der Waals surface area contributed by atoms with Gasteiger partial charge in [-0.3, -0.25) is 0 Å². The van der Waals surface area contributed by atoms with Crippen molar-refractivity contribution in [2.24, 2.45) is 5.41 Å². The first-order chi connectivity index (χ1) is 5.88. The summed E-state index contributed by atoms with van der Waals surface area (Å²) < 4.78 is 0. The molecule has 0 saturated carbocycles. The molecule has 1 aromatic rings. The normalized spacial score (nSPS) is 12.5. The van der Waals surface area contributed by atoms with Crippen molar-refractivity contribution in [3.05, 3.63) is 21.9 Å². The molecule has 1 heteroatoms. The highest BCUT2D eigenvalue weighted by Crippen LogP contribution is 2.27. The molecule has 0 aliphatic heterocycles. The van der Waals surface area contributed by atoms with E-state index in [0.29, 0.717) is 11.3 Å². The van der Waals surface area contributed by atoms with E-state index >= 15 is 0 Å². The fraction of sp³-hybridized carbons (Fsp3) is 0.667. The summed E-state index contributed by atoms with van der Waals surface area (Å²) in [4.78, 5) is 1.51.